The van der Waals surface area contributed by atoms with Gasteiger partial charge in [-0.3, -0.25) is 9.59 Å². The second kappa shape index (κ2) is 8.59. The maximum Gasteiger partial charge on any atom is 0.257 e. The highest BCUT2D eigenvalue weighted by Gasteiger charge is 2.22. The molecule has 3 aromatic carbocycles. The Labute approximate surface area is 174 Å². The summed E-state index contributed by atoms with van der Waals surface area (Å²) in [5.74, 6) is -1.06. The van der Waals surface area contributed by atoms with E-state index in [4.69, 9.17) is 11.6 Å². The summed E-state index contributed by atoms with van der Waals surface area (Å²) < 4.78 is 24.7. The normalized spacial score (nSPS) is 11.1. The van der Waals surface area contributed by atoms with E-state index in [0.29, 0.717) is 10.6 Å². The Morgan fingerprint density at radius 3 is 2.24 bits per heavy atom. The molecule has 0 unspecified atom stereocenters. The predicted molar refractivity (Wildman–Crippen MR) is 113 cm³/mol. The average molecular weight is 428 g/mol. The minimum atomic E-state index is -3.59. The Morgan fingerprint density at radius 1 is 0.897 bits per heavy atom. The third-order valence-corrected chi connectivity index (χ3v) is 6.38. The van der Waals surface area contributed by atoms with Crippen molar-refractivity contribution in [3.63, 3.8) is 0 Å². The molecule has 0 atom stereocenters. The Kier molecular flexibility index (Phi) is 6.15. The smallest absolute Gasteiger partial charge is 0.257 e. The van der Waals surface area contributed by atoms with Crippen LogP contribution < -0.4 is 5.32 Å². The molecule has 0 heterocycles. The van der Waals surface area contributed by atoms with Crippen molar-refractivity contribution < 1.29 is 18.0 Å². The molecule has 3 rings (SSSR count). The van der Waals surface area contributed by atoms with Crippen LogP contribution in [-0.4, -0.2) is 25.9 Å². The summed E-state index contributed by atoms with van der Waals surface area (Å²) in [7, 11) is -3.59. The van der Waals surface area contributed by atoms with Crippen LogP contribution in [0.3, 0.4) is 0 Å². The highest BCUT2D eigenvalue weighted by Crippen LogP contribution is 2.25. The molecule has 5 nitrogen and oxygen atoms in total. The first kappa shape index (κ1) is 20.8. The van der Waals surface area contributed by atoms with Crippen molar-refractivity contribution in [2.45, 2.75) is 11.8 Å². The number of hydrogen-bond donors (Lipinski definition) is 1. The maximum absolute atomic E-state index is 12.9. The van der Waals surface area contributed by atoms with Crippen molar-refractivity contribution >= 4 is 38.8 Å². The number of hydrogen-bond acceptors (Lipinski definition) is 4. The molecular weight excluding hydrogens is 410 g/mol. The van der Waals surface area contributed by atoms with E-state index in [9.17, 15) is 18.0 Å². The van der Waals surface area contributed by atoms with Gasteiger partial charge in [0.1, 0.15) is 0 Å². The van der Waals surface area contributed by atoms with Crippen LogP contribution in [0.1, 0.15) is 33.2 Å². The van der Waals surface area contributed by atoms with Gasteiger partial charge in [0.05, 0.1) is 21.9 Å². The van der Waals surface area contributed by atoms with E-state index in [1.54, 1.807) is 48.5 Å². The van der Waals surface area contributed by atoms with Gasteiger partial charge in [-0.2, -0.15) is 0 Å². The molecule has 0 aliphatic heterocycles. The van der Waals surface area contributed by atoms with Gasteiger partial charge in [-0.05, 0) is 30.3 Å². The summed E-state index contributed by atoms with van der Waals surface area (Å²) in [5, 5.41) is 3.00. The minimum Gasteiger partial charge on any atom is -0.321 e. The number of carbonyl (C=O) groups is 2. The summed E-state index contributed by atoms with van der Waals surface area (Å²) in [6, 6.07) is 19.1. The lowest BCUT2D eigenvalue weighted by atomic mass is 10.0. The van der Waals surface area contributed by atoms with Gasteiger partial charge in [0.25, 0.3) is 5.91 Å². The lowest BCUT2D eigenvalue weighted by molar-refractivity contribution is 0.102. The van der Waals surface area contributed by atoms with Gasteiger partial charge < -0.3 is 5.32 Å². The van der Waals surface area contributed by atoms with Gasteiger partial charge in [0.15, 0.2) is 15.6 Å². The second-order valence-corrected chi connectivity index (χ2v) is 8.92. The Hall–Kier alpha value is -2.96. The van der Waals surface area contributed by atoms with Crippen LogP contribution in [0.5, 0.6) is 0 Å². The number of nitrogens with one attached hydrogen (secondary N) is 1. The first-order valence-corrected chi connectivity index (χ1v) is 10.9. The molecular formula is C22H18ClNO4S. The number of anilines is 1. The van der Waals surface area contributed by atoms with Gasteiger partial charge in [-0.1, -0.05) is 61.0 Å². The lowest BCUT2D eigenvalue weighted by Gasteiger charge is -2.13. The molecule has 1 N–H and O–H groups in total. The average Bonchev–Trinajstić information content (AvgIpc) is 2.75. The topological polar surface area (TPSA) is 80.3 Å². The van der Waals surface area contributed by atoms with Gasteiger partial charge in [0.2, 0.25) is 0 Å². The van der Waals surface area contributed by atoms with E-state index in [1.165, 1.54) is 31.2 Å². The van der Waals surface area contributed by atoms with E-state index in [-0.39, 0.29) is 33.2 Å². The number of sulfone groups is 1. The van der Waals surface area contributed by atoms with E-state index < -0.39 is 15.7 Å². The lowest BCUT2D eigenvalue weighted by Crippen LogP contribution is -2.19. The fraction of sp³-hybridized carbons (Fsp3) is 0.0909. The zero-order chi connectivity index (χ0) is 21.0. The molecule has 0 saturated heterocycles. The summed E-state index contributed by atoms with van der Waals surface area (Å²) in [5.41, 5.74) is 0.923. The standard InChI is InChI=1S/C22H18ClNO4S/c1-2-29(27,28)20-11-7-6-10-17(20)22(26)24-19-13-12-16(23)14-18(19)21(25)15-8-4-3-5-9-15/h3-14H,2H2,1H3,(H,24,26). The van der Waals surface area contributed by atoms with Crippen molar-refractivity contribution in [1.82, 2.24) is 0 Å². The van der Waals surface area contributed by atoms with Gasteiger partial charge in [-0.15, -0.1) is 0 Å². The van der Waals surface area contributed by atoms with Crippen LogP contribution in [0, 0.1) is 0 Å². The minimum absolute atomic E-state index is 0.0161. The SMILES string of the molecule is CCS(=O)(=O)c1ccccc1C(=O)Nc1ccc(Cl)cc1C(=O)c1ccccc1. The molecule has 0 radical (unpaired) electrons. The molecule has 0 fully saturated rings. The molecule has 148 valence electrons. The Bertz CT molecular complexity index is 1170. The van der Waals surface area contributed by atoms with Crippen LogP contribution in [0.15, 0.2) is 77.7 Å². The third-order valence-electron chi connectivity index (χ3n) is 4.36. The van der Waals surface area contributed by atoms with Crippen LogP contribution in [-0.2, 0) is 9.84 Å². The highest BCUT2D eigenvalue weighted by atomic mass is 35.5. The van der Waals surface area contributed by atoms with Crippen molar-refractivity contribution in [2.75, 3.05) is 11.1 Å². The van der Waals surface area contributed by atoms with Crippen LogP contribution in [0.4, 0.5) is 5.69 Å². The van der Waals surface area contributed by atoms with Crippen LogP contribution >= 0.6 is 11.6 Å². The van der Waals surface area contributed by atoms with Crippen molar-refractivity contribution in [3.05, 3.63) is 94.5 Å². The number of carbonyl (C=O) groups excluding carboxylic acids is 2. The summed E-state index contributed by atoms with van der Waals surface area (Å²) >= 11 is 6.06. The molecule has 0 aromatic heterocycles. The predicted octanol–water partition coefficient (Wildman–Crippen LogP) is 4.62. The Morgan fingerprint density at radius 2 is 1.55 bits per heavy atom. The molecule has 0 aliphatic carbocycles. The molecule has 0 spiro atoms. The molecule has 0 bridgehead atoms. The molecule has 3 aromatic rings. The monoisotopic (exact) mass is 427 g/mol. The molecule has 29 heavy (non-hydrogen) atoms. The molecule has 7 heteroatoms. The van der Waals surface area contributed by atoms with E-state index in [0.717, 1.165) is 0 Å². The number of rotatable bonds is 6. The maximum atomic E-state index is 12.9. The summed E-state index contributed by atoms with van der Waals surface area (Å²) in [6.07, 6.45) is 0. The fourth-order valence-corrected chi connectivity index (χ4v) is 4.09. The number of halogens is 1. The quantitative estimate of drug-likeness (QED) is 0.582. The second-order valence-electron chi connectivity index (χ2n) is 6.24. The fourth-order valence-electron chi connectivity index (χ4n) is 2.83. The largest absolute Gasteiger partial charge is 0.321 e. The van der Waals surface area contributed by atoms with Gasteiger partial charge >= 0.3 is 0 Å². The summed E-state index contributed by atoms with van der Waals surface area (Å²) in [4.78, 5) is 25.7. The van der Waals surface area contributed by atoms with E-state index in [2.05, 4.69) is 5.32 Å². The van der Waals surface area contributed by atoms with Gasteiger partial charge in [-0.25, -0.2) is 8.42 Å². The van der Waals surface area contributed by atoms with Crippen molar-refractivity contribution in [3.8, 4) is 0 Å². The van der Waals surface area contributed by atoms with Gasteiger partial charge in [0, 0.05) is 16.1 Å². The number of amides is 1. The molecule has 0 aliphatic rings. The van der Waals surface area contributed by atoms with Crippen molar-refractivity contribution in [1.29, 1.82) is 0 Å². The van der Waals surface area contributed by atoms with E-state index >= 15 is 0 Å². The zero-order valence-electron chi connectivity index (χ0n) is 15.6. The number of benzene rings is 3. The summed E-state index contributed by atoms with van der Waals surface area (Å²) in [6.45, 7) is 1.51. The van der Waals surface area contributed by atoms with Crippen molar-refractivity contribution in [2.24, 2.45) is 0 Å². The molecule has 1 amide bonds. The first-order chi connectivity index (χ1) is 13.8. The zero-order valence-corrected chi connectivity index (χ0v) is 17.1. The third kappa shape index (κ3) is 4.55. The first-order valence-electron chi connectivity index (χ1n) is 8.86. The Balaban J connectivity index is 2.01. The highest BCUT2D eigenvalue weighted by molar-refractivity contribution is 7.91. The number of ketones is 1. The van der Waals surface area contributed by atoms with Crippen LogP contribution in [0.25, 0.3) is 0 Å². The molecule has 0 saturated carbocycles. The van der Waals surface area contributed by atoms with E-state index in [1.807, 2.05) is 0 Å². The van der Waals surface area contributed by atoms with Crippen LogP contribution in [0.2, 0.25) is 5.02 Å².